The van der Waals surface area contributed by atoms with E-state index in [4.69, 9.17) is 0 Å². The van der Waals surface area contributed by atoms with Crippen LogP contribution in [-0.2, 0) is 0 Å². The van der Waals surface area contributed by atoms with E-state index < -0.39 is 0 Å². The number of hydrogen-bond donors (Lipinski definition) is 1. The highest BCUT2D eigenvalue weighted by Crippen LogP contribution is 2.19. The van der Waals surface area contributed by atoms with Crippen molar-refractivity contribution in [2.45, 2.75) is 0 Å². The molecule has 0 aliphatic carbocycles. The van der Waals surface area contributed by atoms with Crippen LogP contribution in [0.1, 0.15) is 10.4 Å². The SMILES string of the molecule is CN1CCN(c2cc(NC(=O)c3ccc4ccccc4c3)ncn2)CC1. The molecule has 132 valence electrons. The lowest BCUT2D eigenvalue weighted by molar-refractivity contribution is 0.102. The van der Waals surface area contributed by atoms with Gasteiger partial charge in [0.25, 0.3) is 5.91 Å². The molecule has 4 rings (SSSR count). The highest BCUT2D eigenvalue weighted by molar-refractivity contribution is 6.06. The molecule has 1 amide bonds. The average molecular weight is 347 g/mol. The van der Waals surface area contributed by atoms with Crippen molar-refractivity contribution in [1.82, 2.24) is 14.9 Å². The van der Waals surface area contributed by atoms with Gasteiger partial charge in [0.2, 0.25) is 0 Å². The molecule has 1 saturated heterocycles. The van der Waals surface area contributed by atoms with Crippen molar-refractivity contribution < 1.29 is 4.79 Å². The van der Waals surface area contributed by atoms with Crippen LogP contribution in [0, 0.1) is 0 Å². The van der Waals surface area contributed by atoms with Crippen LogP contribution in [0.15, 0.2) is 54.9 Å². The zero-order chi connectivity index (χ0) is 17.9. The normalized spacial score (nSPS) is 15.2. The molecular formula is C20H21N5O. The number of carbonyl (C=O) groups excluding carboxylic acids is 1. The summed E-state index contributed by atoms with van der Waals surface area (Å²) < 4.78 is 0. The molecule has 0 bridgehead atoms. The van der Waals surface area contributed by atoms with Crippen LogP contribution in [-0.4, -0.2) is 54.0 Å². The second-order valence-electron chi connectivity index (χ2n) is 6.57. The van der Waals surface area contributed by atoms with Gasteiger partial charge in [-0.25, -0.2) is 9.97 Å². The topological polar surface area (TPSA) is 61.4 Å². The van der Waals surface area contributed by atoms with Crippen molar-refractivity contribution >= 4 is 28.3 Å². The third kappa shape index (κ3) is 3.50. The van der Waals surface area contributed by atoms with Gasteiger partial charge in [-0.15, -0.1) is 0 Å². The lowest BCUT2D eigenvalue weighted by atomic mass is 10.1. The molecule has 6 heteroatoms. The number of benzene rings is 2. The Kier molecular flexibility index (Phi) is 4.50. The van der Waals surface area contributed by atoms with Crippen LogP contribution in [0.2, 0.25) is 0 Å². The number of hydrogen-bond acceptors (Lipinski definition) is 5. The predicted octanol–water partition coefficient (Wildman–Crippen LogP) is 2.63. The number of likely N-dealkylation sites (N-methyl/N-ethyl adjacent to an activating group) is 1. The van der Waals surface area contributed by atoms with Crippen molar-refractivity contribution in [3.05, 3.63) is 60.4 Å². The lowest BCUT2D eigenvalue weighted by Gasteiger charge is -2.33. The predicted molar refractivity (Wildman–Crippen MR) is 104 cm³/mol. The van der Waals surface area contributed by atoms with Crippen LogP contribution in [0.4, 0.5) is 11.6 Å². The third-order valence-electron chi connectivity index (χ3n) is 4.73. The Morgan fingerprint density at radius 1 is 0.962 bits per heavy atom. The van der Waals surface area contributed by atoms with E-state index in [1.807, 2.05) is 48.5 Å². The van der Waals surface area contributed by atoms with E-state index in [1.54, 1.807) is 0 Å². The van der Waals surface area contributed by atoms with E-state index in [0.29, 0.717) is 11.4 Å². The second-order valence-corrected chi connectivity index (χ2v) is 6.57. The van der Waals surface area contributed by atoms with Crippen molar-refractivity contribution in [2.24, 2.45) is 0 Å². The molecule has 1 aromatic heterocycles. The summed E-state index contributed by atoms with van der Waals surface area (Å²) in [6.45, 7) is 3.85. The summed E-state index contributed by atoms with van der Waals surface area (Å²) in [5, 5.41) is 5.04. The molecule has 2 heterocycles. The fourth-order valence-corrected chi connectivity index (χ4v) is 3.14. The Bertz CT molecular complexity index is 934. The van der Waals surface area contributed by atoms with E-state index in [0.717, 1.165) is 42.8 Å². The summed E-state index contributed by atoms with van der Waals surface area (Å²) in [4.78, 5) is 25.7. The van der Waals surface area contributed by atoms with E-state index >= 15 is 0 Å². The number of aromatic nitrogens is 2. The van der Waals surface area contributed by atoms with E-state index in [-0.39, 0.29) is 5.91 Å². The molecule has 3 aromatic rings. The van der Waals surface area contributed by atoms with Gasteiger partial charge in [-0.05, 0) is 30.0 Å². The highest BCUT2D eigenvalue weighted by atomic mass is 16.1. The summed E-state index contributed by atoms with van der Waals surface area (Å²) in [6.07, 6.45) is 1.50. The molecule has 0 radical (unpaired) electrons. The molecule has 6 nitrogen and oxygen atoms in total. The molecule has 1 aliphatic rings. The van der Waals surface area contributed by atoms with Gasteiger partial charge in [0.05, 0.1) is 0 Å². The summed E-state index contributed by atoms with van der Waals surface area (Å²) in [5.41, 5.74) is 0.614. The van der Waals surface area contributed by atoms with Crippen LogP contribution in [0.5, 0.6) is 0 Å². The zero-order valence-corrected chi connectivity index (χ0v) is 14.7. The number of fused-ring (bicyclic) bond motifs is 1. The number of anilines is 2. The number of nitrogens with zero attached hydrogens (tertiary/aromatic N) is 4. The van der Waals surface area contributed by atoms with Gasteiger partial charge in [0.15, 0.2) is 0 Å². The van der Waals surface area contributed by atoms with E-state index in [9.17, 15) is 4.79 Å². The Hall–Kier alpha value is -2.99. The third-order valence-corrected chi connectivity index (χ3v) is 4.73. The molecule has 0 saturated carbocycles. The van der Waals surface area contributed by atoms with Gasteiger partial charge in [0, 0.05) is 37.8 Å². The molecule has 1 aliphatic heterocycles. The number of carbonyl (C=O) groups is 1. The Morgan fingerprint density at radius 2 is 1.73 bits per heavy atom. The molecule has 0 unspecified atom stereocenters. The van der Waals surface area contributed by atoms with Gasteiger partial charge < -0.3 is 15.1 Å². The average Bonchev–Trinajstić information content (AvgIpc) is 2.68. The maximum atomic E-state index is 12.6. The first-order valence-electron chi connectivity index (χ1n) is 8.75. The summed E-state index contributed by atoms with van der Waals surface area (Å²) in [6, 6.07) is 15.5. The van der Waals surface area contributed by atoms with Gasteiger partial charge in [-0.2, -0.15) is 0 Å². The minimum absolute atomic E-state index is 0.168. The first-order valence-corrected chi connectivity index (χ1v) is 8.75. The fourth-order valence-electron chi connectivity index (χ4n) is 3.14. The van der Waals surface area contributed by atoms with Gasteiger partial charge in [-0.3, -0.25) is 4.79 Å². The van der Waals surface area contributed by atoms with Gasteiger partial charge in [0.1, 0.15) is 18.0 Å². The van der Waals surface area contributed by atoms with E-state index in [1.165, 1.54) is 6.33 Å². The lowest BCUT2D eigenvalue weighted by Crippen LogP contribution is -2.44. The summed E-state index contributed by atoms with van der Waals surface area (Å²) >= 11 is 0. The number of amides is 1. The Labute approximate surface area is 152 Å². The van der Waals surface area contributed by atoms with Crippen LogP contribution < -0.4 is 10.2 Å². The molecule has 0 spiro atoms. The van der Waals surface area contributed by atoms with Crippen molar-refractivity contribution in [1.29, 1.82) is 0 Å². The van der Waals surface area contributed by atoms with Crippen molar-refractivity contribution in [3.8, 4) is 0 Å². The molecule has 1 N–H and O–H groups in total. The number of nitrogens with one attached hydrogen (secondary N) is 1. The minimum Gasteiger partial charge on any atom is -0.354 e. The zero-order valence-electron chi connectivity index (χ0n) is 14.7. The molecule has 1 fully saturated rings. The first kappa shape index (κ1) is 16.5. The smallest absolute Gasteiger partial charge is 0.256 e. The minimum atomic E-state index is -0.168. The molecule has 2 aromatic carbocycles. The number of piperazine rings is 1. The quantitative estimate of drug-likeness (QED) is 0.789. The van der Waals surface area contributed by atoms with Crippen molar-refractivity contribution in [2.75, 3.05) is 43.4 Å². The first-order chi connectivity index (χ1) is 12.7. The molecule has 26 heavy (non-hydrogen) atoms. The van der Waals surface area contributed by atoms with Crippen LogP contribution in [0.3, 0.4) is 0 Å². The second kappa shape index (κ2) is 7.09. The largest absolute Gasteiger partial charge is 0.354 e. The number of rotatable bonds is 3. The van der Waals surface area contributed by atoms with Crippen molar-refractivity contribution in [3.63, 3.8) is 0 Å². The fraction of sp³-hybridized carbons (Fsp3) is 0.250. The van der Waals surface area contributed by atoms with Gasteiger partial charge in [-0.1, -0.05) is 30.3 Å². The van der Waals surface area contributed by atoms with E-state index in [2.05, 4.69) is 32.1 Å². The Balaban J connectivity index is 1.51. The summed E-state index contributed by atoms with van der Waals surface area (Å²) in [5.74, 6) is 1.20. The monoisotopic (exact) mass is 347 g/mol. The van der Waals surface area contributed by atoms with Crippen LogP contribution in [0.25, 0.3) is 10.8 Å². The van der Waals surface area contributed by atoms with Gasteiger partial charge >= 0.3 is 0 Å². The maximum Gasteiger partial charge on any atom is 0.256 e. The van der Waals surface area contributed by atoms with Crippen LogP contribution >= 0.6 is 0 Å². The standard InChI is InChI=1S/C20H21N5O/c1-24-8-10-25(11-9-24)19-13-18(21-14-22-19)23-20(26)17-7-6-15-4-2-3-5-16(15)12-17/h2-7,12-14H,8-11H2,1H3,(H,21,22,23,26). The maximum absolute atomic E-state index is 12.6. The molecule has 0 atom stereocenters. The Morgan fingerprint density at radius 3 is 2.54 bits per heavy atom. The summed E-state index contributed by atoms with van der Waals surface area (Å²) in [7, 11) is 2.12. The molecular weight excluding hydrogens is 326 g/mol. The highest BCUT2D eigenvalue weighted by Gasteiger charge is 2.16.